The second-order valence-electron chi connectivity index (χ2n) is 7.92. The van der Waals surface area contributed by atoms with Gasteiger partial charge in [0.2, 0.25) is 9.84 Å². The summed E-state index contributed by atoms with van der Waals surface area (Å²) in [6.45, 7) is 5.81. The molecule has 0 radical (unpaired) electrons. The van der Waals surface area contributed by atoms with Gasteiger partial charge < -0.3 is 4.90 Å². The van der Waals surface area contributed by atoms with Crippen LogP contribution < -0.4 is 4.90 Å². The Bertz CT molecular complexity index is 1220. The highest BCUT2D eigenvalue weighted by Crippen LogP contribution is 2.42. The number of anilines is 1. The van der Waals surface area contributed by atoms with Crippen molar-refractivity contribution in [3.05, 3.63) is 89.5 Å². The molecule has 1 aliphatic heterocycles. The van der Waals surface area contributed by atoms with Crippen molar-refractivity contribution in [2.24, 2.45) is 0 Å². The number of benzene rings is 3. The van der Waals surface area contributed by atoms with Crippen molar-refractivity contribution in [3.63, 3.8) is 0 Å². The molecule has 5 heteroatoms. The minimum absolute atomic E-state index is 0.317. The Morgan fingerprint density at radius 3 is 2.29 bits per heavy atom. The maximum absolute atomic E-state index is 13.8. The first-order valence-corrected chi connectivity index (χ1v) is 13.0. The SMILES string of the molecule is Cc1ccc(-c2c(S(=O)(=O)c3ccccc3)cc(C)c(N3CC=CCC3)c2CBr)cc1. The quantitative estimate of drug-likeness (QED) is 0.300. The zero-order valence-corrected chi connectivity index (χ0v) is 20.2. The number of alkyl halides is 1. The molecule has 1 heterocycles. The van der Waals surface area contributed by atoms with Crippen molar-refractivity contribution in [2.45, 2.75) is 35.4 Å². The lowest BCUT2D eigenvalue weighted by Gasteiger charge is -2.31. The monoisotopic (exact) mass is 495 g/mol. The summed E-state index contributed by atoms with van der Waals surface area (Å²) < 4.78 is 27.5. The van der Waals surface area contributed by atoms with E-state index in [0.717, 1.165) is 53.0 Å². The zero-order valence-electron chi connectivity index (χ0n) is 17.8. The summed E-state index contributed by atoms with van der Waals surface area (Å²) >= 11 is 3.69. The Hall–Kier alpha value is -2.37. The van der Waals surface area contributed by atoms with Crippen molar-refractivity contribution in [2.75, 3.05) is 18.0 Å². The van der Waals surface area contributed by atoms with E-state index in [9.17, 15) is 8.42 Å². The van der Waals surface area contributed by atoms with E-state index in [4.69, 9.17) is 0 Å². The van der Waals surface area contributed by atoms with E-state index < -0.39 is 9.84 Å². The van der Waals surface area contributed by atoms with E-state index in [1.54, 1.807) is 24.3 Å². The number of rotatable bonds is 5. The number of halogens is 1. The molecule has 3 aromatic carbocycles. The summed E-state index contributed by atoms with van der Waals surface area (Å²) in [6, 6.07) is 18.7. The van der Waals surface area contributed by atoms with Gasteiger partial charge in [0.15, 0.2) is 0 Å². The second kappa shape index (κ2) is 9.01. The average Bonchev–Trinajstić information content (AvgIpc) is 2.80. The van der Waals surface area contributed by atoms with Crippen LogP contribution in [0.25, 0.3) is 11.1 Å². The molecule has 0 N–H and O–H groups in total. The second-order valence-corrected chi connectivity index (χ2v) is 10.4. The van der Waals surface area contributed by atoms with Crippen molar-refractivity contribution in [1.82, 2.24) is 0 Å². The van der Waals surface area contributed by atoms with Gasteiger partial charge in [-0.3, -0.25) is 0 Å². The predicted molar refractivity (Wildman–Crippen MR) is 132 cm³/mol. The first-order chi connectivity index (χ1) is 14.9. The number of aryl methyl sites for hydroxylation is 2. The molecule has 0 atom stereocenters. The number of hydrogen-bond acceptors (Lipinski definition) is 3. The highest BCUT2D eigenvalue weighted by molar-refractivity contribution is 9.08. The van der Waals surface area contributed by atoms with Crippen molar-refractivity contribution < 1.29 is 8.42 Å². The standard InChI is InChI=1S/C26H26BrNO2S/c1-19-11-13-21(14-12-19)25-23(18-27)26(28-15-7-4-8-16-28)20(2)17-24(25)31(29,30)22-9-5-3-6-10-22/h3-7,9-14,17H,8,15-16,18H2,1-2H3. The summed E-state index contributed by atoms with van der Waals surface area (Å²) in [5.41, 5.74) is 5.98. The van der Waals surface area contributed by atoms with Crippen LogP contribution in [0.5, 0.6) is 0 Å². The Morgan fingerprint density at radius 1 is 0.968 bits per heavy atom. The van der Waals surface area contributed by atoms with Gasteiger partial charge in [0, 0.05) is 29.7 Å². The van der Waals surface area contributed by atoms with Gasteiger partial charge in [0.1, 0.15) is 0 Å². The van der Waals surface area contributed by atoms with E-state index in [1.807, 2.05) is 50.2 Å². The summed E-state index contributed by atoms with van der Waals surface area (Å²) in [5.74, 6) is 0. The van der Waals surface area contributed by atoms with Crippen molar-refractivity contribution >= 4 is 31.5 Å². The molecule has 0 saturated carbocycles. The lowest BCUT2D eigenvalue weighted by atomic mass is 9.94. The lowest BCUT2D eigenvalue weighted by molar-refractivity contribution is 0.596. The van der Waals surface area contributed by atoms with Gasteiger partial charge in [-0.05, 0) is 55.2 Å². The molecule has 0 aliphatic carbocycles. The summed E-state index contributed by atoms with van der Waals surface area (Å²) in [5, 5.41) is 0.574. The molecule has 0 aromatic heterocycles. The minimum atomic E-state index is -3.68. The van der Waals surface area contributed by atoms with Gasteiger partial charge in [-0.15, -0.1) is 0 Å². The van der Waals surface area contributed by atoms with Crippen LogP contribution in [0.4, 0.5) is 5.69 Å². The van der Waals surface area contributed by atoms with E-state index in [2.05, 4.69) is 33.0 Å². The fourth-order valence-electron chi connectivity index (χ4n) is 4.23. The van der Waals surface area contributed by atoms with Crippen molar-refractivity contribution in [3.8, 4) is 11.1 Å². The van der Waals surface area contributed by atoms with Gasteiger partial charge in [0.05, 0.1) is 9.79 Å². The van der Waals surface area contributed by atoms with Gasteiger partial charge >= 0.3 is 0 Å². The molecule has 3 nitrogen and oxygen atoms in total. The van der Waals surface area contributed by atoms with Crippen LogP contribution in [0.3, 0.4) is 0 Å². The minimum Gasteiger partial charge on any atom is -0.367 e. The summed E-state index contributed by atoms with van der Waals surface area (Å²) in [7, 11) is -3.68. The highest BCUT2D eigenvalue weighted by atomic mass is 79.9. The normalized spacial score (nSPS) is 14.1. The third kappa shape index (κ3) is 4.21. The third-order valence-electron chi connectivity index (χ3n) is 5.75. The first-order valence-electron chi connectivity index (χ1n) is 10.4. The fraction of sp³-hybridized carbons (Fsp3) is 0.231. The summed E-state index contributed by atoms with van der Waals surface area (Å²) in [6.07, 6.45) is 5.38. The molecule has 3 aromatic rings. The maximum atomic E-state index is 13.8. The van der Waals surface area contributed by atoms with E-state index >= 15 is 0 Å². The Balaban J connectivity index is 2.04. The van der Waals surface area contributed by atoms with Crippen LogP contribution in [0.1, 0.15) is 23.1 Å². The molecule has 0 unspecified atom stereocenters. The van der Waals surface area contributed by atoms with Gasteiger partial charge in [-0.2, -0.15) is 0 Å². The smallest absolute Gasteiger partial charge is 0.207 e. The van der Waals surface area contributed by atoms with Crippen LogP contribution in [0.15, 0.2) is 82.6 Å². The summed E-state index contributed by atoms with van der Waals surface area (Å²) in [4.78, 5) is 3.03. The molecule has 0 spiro atoms. The van der Waals surface area contributed by atoms with E-state index in [0.29, 0.717) is 15.1 Å². The average molecular weight is 496 g/mol. The largest absolute Gasteiger partial charge is 0.367 e. The molecule has 0 amide bonds. The molecule has 1 aliphatic rings. The zero-order chi connectivity index (χ0) is 22.0. The first kappa shape index (κ1) is 21.8. The number of hydrogen-bond donors (Lipinski definition) is 0. The molecular weight excluding hydrogens is 470 g/mol. The lowest BCUT2D eigenvalue weighted by Crippen LogP contribution is -2.29. The topological polar surface area (TPSA) is 37.4 Å². The number of nitrogens with zero attached hydrogens (tertiary/aromatic N) is 1. The van der Waals surface area contributed by atoms with Crippen LogP contribution in [-0.2, 0) is 15.2 Å². The number of sulfone groups is 1. The van der Waals surface area contributed by atoms with Gasteiger partial charge in [-0.1, -0.05) is 76.1 Å². The molecule has 0 saturated heterocycles. The molecular formula is C26H26BrNO2S. The molecule has 31 heavy (non-hydrogen) atoms. The third-order valence-corrected chi connectivity index (χ3v) is 8.10. The Kier molecular flexibility index (Phi) is 6.35. The maximum Gasteiger partial charge on any atom is 0.207 e. The Morgan fingerprint density at radius 2 is 1.68 bits per heavy atom. The van der Waals surface area contributed by atoms with Crippen LogP contribution in [0.2, 0.25) is 0 Å². The highest BCUT2D eigenvalue weighted by Gasteiger charge is 2.28. The Labute approximate surface area is 193 Å². The van der Waals surface area contributed by atoms with Crippen LogP contribution >= 0.6 is 15.9 Å². The van der Waals surface area contributed by atoms with E-state index in [-0.39, 0.29) is 0 Å². The van der Waals surface area contributed by atoms with Gasteiger partial charge in [-0.25, -0.2) is 8.42 Å². The molecule has 4 rings (SSSR count). The van der Waals surface area contributed by atoms with Gasteiger partial charge in [0.25, 0.3) is 0 Å². The van der Waals surface area contributed by atoms with E-state index in [1.165, 1.54) is 0 Å². The van der Waals surface area contributed by atoms with Crippen LogP contribution in [-0.4, -0.2) is 21.5 Å². The van der Waals surface area contributed by atoms with Crippen LogP contribution in [0, 0.1) is 13.8 Å². The molecule has 0 bridgehead atoms. The molecule has 0 fully saturated rings. The predicted octanol–water partition coefficient (Wildman–Crippen LogP) is 6.46. The molecule has 160 valence electrons. The fourth-order valence-corrected chi connectivity index (χ4v) is 6.39. The van der Waals surface area contributed by atoms with Crippen molar-refractivity contribution in [1.29, 1.82) is 0 Å².